The van der Waals surface area contributed by atoms with E-state index in [1.165, 1.54) is 0 Å². The van der Waals surface area contributed by atoms with E-state index in [0.29, 0.717) is 0 Å². The fourth-order valence-electron chi connectivity index (χ4n) is 2.08. The minimum atomic E-state index is -0.676. The van der Waals surface area contributed by atoms with Crippen molar-refractivity contribution in [1.29, 1.82) is 0 Å². The molecule has 1 amide bonds. The molecule has 0 rings (SSSR count). The Morgan fingerprint density at radius 2 is 1.78 bits per heavy atom. The first-order valence-corrected chi connectivity index (χ1v) is 7.20. The summed E-state index contributed by atoms with van der Waals surface area (Å²) >= 11 is 0. The molecule has 108 valence electrons. The summed E-state index contributed by atoms with van der Waals surface area (Å²) in [6.07, 6.45) is 2.07. The lowest BCUT2D eigenvalue weighted by Crippen LogP contribution is -2.48. The molecular weight excluding hydrogens is 228 g/mol. The Bertz CT molecular complexity index is 228. The Morgan fingerprint density at radius 1 is 1.22 bits per heavy atom. The lowest BCUT2D eigenvalue weighted by molar-refractivity contribution is -0.135. The van der Waals surface area contributed by atoms with Crippen LogP contribution in [-0.2, 0) is 4.79 Å². The van der Waals surface area contributed by atoms with Gasteiger partial charge in [0.25, 0.3) is 0 Å². The minimum Gasteiger partial charge on any atom is -0.378 e. The maximum Gasteiger partial charge on any atom is 0.227 e. The summed E-state index contributed by atoms with van der Waals surface area (Å²) in [7, 11) is 0. The van der Waals surface area contributed by atoms with E-state index in [-0.39, 0.29) is 17.9 Å². The molecule has 18 heavy (non-hydrogen) atoms. The van der Waals surface area contributed by atoms with Crippen LogP contribution in [0.15, 0.2) is 0 Å². The van der Waals surface area contributed by atoms with Crippen molar-refractivity contribution >= 4 is 5.91 Å². The third kappa shape index (κ3) is 5.83. The van der Waals surface area contributed by atoms with Gasteiger partial charge in [-0.15, -0.1) is 0 Å². The van der Waals surface area contributed by atoms with E-state index in [0.717, 1.165) is 32.4 Å². The molecule has 0 aromatic carbocycles. The summed E-state index contributed by atoms with van der Waals surface area (Å²) < 4.78 is 0. The van der Waals surface area contributed by atoms with Crippen molar-refractivity contribution < 1.29 is 9.90 Å². The highest BCUT2D eigenvalue weighted by Gasteiger charge is 2.29. The largest absolute Gasteiger partial charge is 0.378 e. The highest BCUT2D eigenvalue weighted by atomic mass is 16.3. The first-order chi connectivity index (χ1) is 8.47. The van der Waals surface area contributed by atoms with Crippen LogP contribution >= 0.6 is 0 Å². The first kappa shape index (κ1) is 17.4. The number of nitrogens with zero attached hydrogens (tertiary/aromatic N) is 1. The van der Waals surface area contributed by atoms with Gasteiger partial charge in [-0.05, 0) is 33.4 Å². The van der Waals surface area contributed by atoms with Gasteiger partial charge in [0.05, 0.1) is 5.92 Å². The molecular formula is C14H30N2O2. The zero-order valence-corrected chi connectivity index (χ0v) is 12.6. The summed E-state index contributed by atoms with van der Waals surface area (Å²) in [6, 6.07) is 0.116. The van der Waals surface area contributed by atoms with E-state index in [1.54, 1.807) is 0 Å². The smallest absolute Gasteiger partial charge is 0.227 e. The van der Waals surface area contributed by atoms with Gasteiger partial charge in [-0.1, -0.05) is 33.6 Å². The summed E-state index contributed by atoms with van der Waals surface area (Å²) in [5.74, 6) is -0.356. The van der Waals surface area contributed by atoms with E-state index in [4.69, 9.17) is 0 Å². The van der Waals surface area contributed by atoms with Crippen LogP contribution in [-0.4, -0.2) is 41.3 Å². The topological polar surface area (TPSA) is 52.6 Å². The fraction of sp³-hybridized carbons (Fsp3) is 0.929. The Kier molecular flexibility index (Phi) is 9.02. The predicted molar refractivity (Wildman–Crippen MR) is 75.2 cm³/mol. The molecule has 0 aliphatic rings. The Labute approximate surface area is 112 Å². The van der Waals surface area contributed by atoms with E-state index in [1.807, 2.05) is 32.6 Å². The van der Waals surface area contributed by atoms with Crippen LogP contribution in [0.5, 0.6) is 0 Å². The standard InChI is InChI=1S/C14H30N2O2/c1-6-9-10-12(13(17)15-11(4)5)14(18)16(7-2)8-3/h11-12,14,18H,6-10H2,1-5H3,(H,15,17). The van der Waals surface area contributed by atoms with Gasteiger partial charge in [0.15, 0.2) is 0 Å². The summed E-state index contributed by atoms with van der Waals surface area (Å²) in [4.78, 5) is 14.1. The number of carbonyl (C=O) groups excluding carboxylic acids is 1. The van der Waals surface area contributed by atoms with Crippen LogP contribution in [0.2, 0.25) is 0 Å². The molecule has 0 fully saturated rings. The highest BCUT2D eigenvalue weighted by Crippen LogP contribution is 2.17. The number of nitrogens with one attached hydrogen (secondary N) is 1. The number of rotatable bonds is 9. The molecule has 2 N–H and O–H groups in total. The maximum atomic E-state index is 12.1. The van der Waals surface area contributed by atoms with Crippen molar-refractivity contribution in [3.8, 4) is 0 Å². The number of hydrogen-bond acceptors (Lipinski definition) is 3. The third-order valence-corrected chi connectivity index (χ3v) is 3.18. The van der Waals surface area contributed by atoms with Crippen LogP contribution in [0, 0.1) is 5.92 Å². The van der Waals surface area contributed by atoms with Crippen LogP contribution in [0.25, 0.3) is 0 Å². The van der Waals surface area contributed by atoms with Gasteiger partial charge in [-0.3, -0.25) is 9.69 Å². The average molecular weight is 258 g/mol. The Hall–Kier alpha value is -0.610. The van der Waals surface area contributed by atoms with Crippen LogP contribution in [0.3, 0.4) is 0 Å². The second kappa shape index (κ2) is 9.34. The fourth-order valence-corrected chi connectivity index (χ4v) is 2.08. The van der Waals surface area contributed by atoms with Crippen LogP contribution < -0.4 is 5.32 Å². The van der Waals surface area contributed by atoms with Crippen LogP contribution in [0.1, 0.15) is 53.9 Å². The number of unbranched alkanes of at least 4 members (excludes halogenated alkanes) is 1. The molecule has 0 aliphatic heterocycles. The highest BCUT2D eigenvalue weighted by molar-refractivity contribution is 5.79. The van der Waals surface area contributed by atoms with Crippen molar-refractivity contribution in [3.63, 3.8) is 0 Å². The minimum absolute atomic E-state index is 0.0298. The van der Waals surface area contributed by atoms with Crippen molar-refractivity contribution in [2.45, 2.75) is 66.2 Å². The molecule has 4 heteroatoms. The molecule has 0 aromatic heterocycles. The summed E-state index contributed by atoms with van der Waals surface area (Å²) in [6.45, 7) is 11.5. The van der Waals surface area contributed by atoms with Crippen molar-refractivity contribution in [2.75, 3.05) is 13.1 Å². The van der Waals surface area contributed by atoms with Gasteiger partial charge in [0, 0.05) is 6.04 Å². The molecule has 0 heterocycles. The number of hydrogen-bond donors (Lipinski definition) is 2. The Morgan fingerprint density at radius 3 is 2.17 bits per heavy atom. The third-order valence-electron chi connectivity index (χ3n) is 3.18. The lowest BCUT2D eigenvalue weighted by atomic mass is 9.98. The van der Waals surface area contributed by atoms with Gasteiger partial charge >= 0.3 is 0 Å². The second-order valence-electron chi connectivity index (χ2n) is 5.05. The van der Waals surface area contributed by atoms with E-state index >= 15 is 0 Å². The molecule has 4 nitrogen and oxygen atoms in total. The molecule has 2 unspecified atom stereocenters. The summed E-state index contributed by atoms with van der Waals surface area (Å²) in [5.41, 5.74) is 0. The van der Waals surface area contributed by atoms with Gasteiger partial charge in [-0.25, -0.2) is 0 Å². The van der Waals surface area contributed by atoms with E-state index < -0.39 is 6.23 Å². The summed E-state index contributed by atoms with van der Waals surface area (Å²) in [5, 5.41) is 13.3. The SMILES string of the molecule is CCCCC(C(=O)NC(C)C)C(O)N(CC)CC. The first-order valence-electron chi connectivity index (χ1n) is 7.20. The maximum absolute atomic E-state index is 12.1. The van der Waals surface area contributed by atoms with E-state index in [9.17, 15) is 9.90 Å². The molecule has 0 radical (unpaired) electrons. The van der Waals surface area contributed by atoms with E-state index in [2.05, 4.69) is 12.2 Å². The quantitative estimate of drug-likeness (QED) is 0.622. The molecule has 0 aliphatic carbocycles. The monoisotopic (exact) mass is 258 g/mol. The van der Waals surface area contributed by atoms with Crippen LogP contribution in [0.4, 0.5) is 0 Å². The van der Waals surface area contributed by atoms with Gasteiger partial charge in [0.1, 0.15) is 6.23 Å². The normalized spacial score (nSPS) is 14.9. The zero-order valence-electron chi connectivity index (χ0n) is 12.6. The van der Waals surface area contributed by atoms with Gasteiger partial charge in [0.2, 0.25) is 5.91 Å². The number of aliphatic hydroxyl groups excluding tert-OH is 1. The zero-order chi connectivity index (χ0) is 14.1. The average Bonchev–Trinajstić information content (AvgIpc) is 2.30. The molecule has 0 saturated carbocycles. The van der Waals surface area contributed by atoms with Crippen molar-refractivity contribution in [1.82, 2.24) is 10.2 Å². The Balaban J connectivity index is 4.68. The number of carbonyl (C=O) groups is 1. The van der Waals surface area contributed by atoms with Gasteiger partial charge in [-0.2, -0.15) is 0 Å². The van der Waals surface area contributed by atoms with Gasteiger partial charge < -0.3 is 10.4 Å². The molecule has 0 aromatic rings. The number of aliphatic hydroxyl groups is 1. The molecule has 0 spiro atoms. The second-order valence-corrected chi connectivity index (χ2v) is 5.05. The lowest BCUT2D eigenvalue weighted by Gasteiger charge is -2.31. The molecule has 0 saturated heterocycles. The number of amides is 1. The molecule has 2 atom stereocenters. The predicted octanol–water partition coefficient (Wildman–Crippen LogP) is 1.98. The van der Waals surface area contributed by atoms with Crippen molar-refractivity contribution in [2.24, 2.45) is 5.92 Å². The molecule has 0 bridgehead atoms. The van der Waals surface area contributed by atoms with Crippen molar-refractivity contribution in [3.05, 3.63) is 0 Å².